The lowest BCUT2D eigenvalue weighted by molar-refractivity contribution is -0.147. The van der Waals surface area contributed by atoms with Gasteiger partial charge in [-0.25, -0.2) is 0 Å². The van der Waals surface area contributed by atoms with E-state index in [1.54, 1.807) is 0 Å². The summed E-state index contributed by atoms with van der Waals surface area (Å²) >= 11 is 0. The van der Waals surface area contributed by atoms with Crippen LogP contribution in [0.4, 0.5) is 0 Å². The van der Waals surface area contributed by atoms with Gasteiger partial charge in [0.1, 0.15) is 6.04 Å². The van der Waals surface area contributed by atoms with Gasteiger partial charge in [-0.2, -0.15) is 0 Å². The number of azide groups is 1. The molecule has 0 radical (unpaired) electrons. The van der Waals surface area contributed by atoms with E-state index in [1.807, 2.05) is 0 Å². The van der Waals surface area contributed by atoms with E-state index in [9.17, 15) is 14.7 Å². The van der Waals surface area contributed by atoms with Crippen molar-refractivity contribution in [1.29, 1.82) is 0 Å². The Morgan fingerprint density at radius 1 is 1.56 bits per heavy atom. The lowest BCUT2D eigenvalue weighted by atomic mass is 10.1. The van der Waals surface area contributed by atoms with Crippen LogP contribution in [0.1, 0.15) is 12.8 Å². The number of carbonyl (C=O) groups excluding carboxylic acids is 1. The summed E-state index contributed by atoms with van der Waals surface area (Å²) in [5.41, 5.74) is 8.08. The van der Waals surface area contributed by atoms with Crippen molar-refractivity contribution in [3.8, 4) is 0 Å². The number of hydrogen-bond donors (Lipinski definition) is 3. The van der Waals surface area contributed by atoms with Gasteiger partial charge in [0.05, 0.1) is 19.6 Å². The highest BCUT2D eigenvalue weighted by Crippen LogP contribution is 2.02. The van der Waals surface area contributed by atoms with Gasteiger partial charge in [0.2, 0.25) is 0 Å². The minimum absolute atomic E-state index is 0.0215. The minimum Gasteiger partial charge on any atom is -0.481 e. The van der Waals surface area contributed by atoms with Crippen LogP contribution in [0.5, 0.6) is 0 Å². The molecule has 0 fully saturated rings. The van der Waals surface area contributed by atoms with E-state index in [-0.39, 0.29) is 25.9 Å². The molecule has 0 rings (SSSR count). The zero-order valence-corrected chi connectivity index (χ0v) is 9.94. The van der Waals surface area contributed by atoms with E-state index in [2.05, 4.69) is 20.1 Å². The molecule has 18 heavy (non-hydrogen) atoms. The second kappa shape index (κ2) is 9.23. The Balaban J connectivity index is 4.32. The largest absolute Gasteiger partial charge is 0.481 e. The molecule has 0 aliphatic heterocycles. The minimum atomic E-state index is -1.11. The first-order valence-corrected chi connectivity index (χ1v) is 5.24. The molecule has 0 aliphatic carbocycles. The predicted octanol–water partition coefficient (Wildman–Crippen LogP) is -0.346. The number of aliphatic carboxylic acids is 1. The standard InChI is InChI=1S/C9H16N4O5/c1-18-9(17)8(11-4-3-7(15)16)6(14)2-5-12-13-10/h6,8,11,14H,2-5H2,1H3,(H,15,16)/t6-,8+/m1/s1. The summed E-state index contributed by atoms with van der Waals surface area (Å²) in [6.45, 7) is 0.0550. The Labute approximate surface area is 103 Å². The summed E-state index contributed by atoms with van der Waals surface area (Å²) < 4.78 is 4.49. The summed E-state index contributed by atoms with van der Waals surface area (Å²) in [6.07, 6.45) is -1.22. The maximum Gasteiger partial charge on any atom is 0.325 e. The fourth-order valence-electron chi connectivity index (χ4n) is 1.24. The van der Waals surface area contributed by atoms with Gasteiger partial charge in [-0.15, -0.1) is 0 Å². The van der Waals surface area contributed by atoms with Crippen molar-refractivity contribution in [2.24, 2.45) is 5.11 Å². The average Bonchev–Trinajstić information content (AvgIpc) is 2.33. The molecule has 0 unspecified atom stereocenters. The SMILES string of the molecule is COC(=O)[C@@H](NCCC(=O)O)[C@H](O)CCN=[N+]=[N-]. The Bertz CT molecular complexity index is 329. The Morgan fingerprint density at radius 2 is 2.22 bits per heavy atom. The third-order valence-electron chi connectivity index (χ3n) is 2.13. The molecule has 0 saturated carbocycles. The van der Waals surface area contributed by atoms with Crippen molar-refractivity contribution < 1.29 is 24.5 Å². The van der Waals surface area contributed by atoms with Gasteiger partial charge in [-0.05, 0) is 12.0 Å². The molecule has 0 amide bonds. The van der Waals surface area contributed by atoms with Gasteiger partial charge < -0.3 is 20.3 Å². The molecule has 0 aromatic heterocycles. The van der Waals surface area contributed by atoms with E-state index in [0.29, 0.717) is 0 Å². The fraction of sp³-hybridized carbons (Fsp3) is 0.778. The lowest BCUT2D eigenvalue weighted by Crippen LogP contribution is -2.47. The van der Waals surface area contributed by atoms with Crippen LogP contribution in [0, 0.1) is 0 Å². The molecule has 0 spiro atoms. The van der Waals surface area contributed by atoms with E-state index in [0.717, 1.165) is 7.11 Å². The topological polar surface area (TPSA) is 145 Å². The highest BCUT2D eigenvalue weighted by molar-refractivity contribution is 5.76. The number of aliphatic hydroxyl groups excluding tert-OH is 1. The van der Waals surface area contributed by atoms with Crippen LogP contribution >= 0.6 is 0 Å². The Kier molecular flexibility index (Phi) is 8.29. The molecule has 0 aromatic rings. The maximum absolute atomic E-state index is 11.4. The molecule has 3 N–H and O–H groups in total. The van der Waals surface area contributed by atoms with Crippen LogP contribution in [0.25, 0.3) is 10.4 Å². The van der Waals surface area contributed by atoms with Crippen LogP contribution in [0.2, 0.25) is 0 Å². The number of rotatable bonds is 9. The van der Waals surface area contributed by atoms with Crippen molar-refractivity contribution in [3.63, 3.8) is 0 Å². The number of nitrogens with zero attached hydrogens (tertiary/aromatic N) is 3. The summed E-state index contributed by atoms with van der Waals surface area (Å²) in [6, 6.07) is -1.04. The van der Waals surface area contributed by atoms with Gasteiger partial charge in [-0.3, -0.25) is 9.59 Å². The quantitative estimate of drug-likeness (QED) is 0.224. The van der Waals surface area contributed by atoms with Gasteiger partial charge >= 0.3 is 11.9 Å². The zero-order chi connectivity index (χ0) is 14.0. The molecular formula is C9H16N4O5. The Morgan fingerprint density at radius 3 is 2.72 bits per heavy atom. The maximum atomic E-state index is 11.4. The number of esters is 1. The monoisotopic (exact) mass is 260 g/mol. The van der Waals surface area contributed by atoms with E-state index < -0.39 is 24.1 Å². The summed E-state index contributed by atoms with van der Waals surface area (Å²) in [7, 11) is 1.16. The molecule has 0 aromatic carbocycles. The van der Waals surface area contributed by atoms with Crippen LogP contribution < -0.4 is 5.32 Å². The van der Waals surface area contributed by atoms with E-state index in [1.165, 1.54) is 0 Å². The van der Waals surface area contributed by atoms with Gasteiger partial charge in [0.25, 0.3) is 0 Å². The van der Waals surface area contributed by atoms with E-state index >= 15 is 0 Å². The van der Waals surface area contributed by atoms with Crippen molar-refractivity contribution >= 4 is 11.9 Å². The zero-order valence-electron chi connectivity index (χ0n) is 9.94. The van der Waals surface area contributed by atoms with Crippen molar-refractivity contribution in [1.82, 2.24) is 5.32 Å². The number of carboxylic acids is 1. The summed E-state index contributed by atoms with van der Waals surface area (Å²) in [4.78, 5) is 24.2. The van der Waals surface area contributed by atoms with E-state index in [4.69, 9.17) is 10.6 Å². The molecule has 9 heteroatoms. The fourth-order valence-corrected chi connectivity index (χ4v) is 1.24. The van der Waals surface area contributed by atoms with Crippen LogP contribution in [-0.2, 0) is 14.3 Å². The number of aliphatic hydroxyl groups is 1. The number of carboxylic acid groups (broad SMARTS) is 1. The molecule has 0 bridgehead atoms. The van der Waals surface area contributed by atoms with Crippen LogP contribution in [0.15, 0.2) is 5.11 Å². The van der Waals surface area contributed by atoms with Crippen molar-refractivity contribution in [2.45, 2.75) is 25.0 Å². The Hall–Kier alpha value is -1.83. The smallest absolute Gasteiger partial charge is 0.325 e. The third-order valence-corrected chi connectivity index (χ3v) is 2.13. The second-order valence-electron chi connectivity index (χ2n) is 3.41. The molecule has 2 atom stereocenters. The molecule has 0 saturated heterocycles. The number of ether oxygens (including phenoxy) is 1. The van der Waals surface area contributed by atoms with Crippen LogP contribution in [0.3, 0.4) is 0 Å². The molecule has 9 nitrogen and oxygen atoms in total. The van der Waals surface area contributed by atoms with Gasteiger partial charge in [-0.1, -0.05) is 5.11 Å². The number of nitrogens with one attached hydrogen (secondary N) is 1. The van der Waals surface area contributed by atoms with Gasteiger partial charge in [0, 0.05) is 18.0 Å². The third kappa shape index (κ3) is 6.69. The number of methoxy groups -OCH3 is 1. The first-order valence-electron chi connectivity index (χ1n) is 5.24. The van der Waals surface area contributed by atoms with Gasteiger partial charge in [0.15, 0.2) is 0 Å². The first-order chi connectivity index (χ1) is 8.52. The van der Waals surface area contributed by atoms with Crippen molar-refractivity contribution in [3.05, 3.63) is 10.4 Å². The molecule has 102 valence electrons. The number of hydrogen-bond acceptors (Lipinski definition) is 6. The second-order valence-corrected chi connectivity index (χ2v) is 3.41. The highest BCUT2D eigenvalue weighted by Gasteiger charge is 2.26. The summed E-state index contributed by atoms with van der Waals surface area (Å²) in [5.74, 6) is -1.72. The van der Waals surface area contributed by atoms with Crippen molar-refractivity contribution in [2.75, 3.05) is 20.2 Å². The first kappa shape index (κ1) is 16.2. The molecule has 0 heterocycles. The highest BCUT2D eigenvalue weighted by atomic mass is 16.5. The predicted molar refractivity (Wildman–Crippen MR) is 60.7 cm³/mol. The van der Waals surface area contributed by atoms with Crippen LogP contribution in [-0.4, -0.2) is 54.5 Å². The normalized spacial score (nSPS) is 13.2. The number of carbonyl (C=O) groups is 2. The molecule has 0 aliphatic rings. The summed E-state index contributed by atoms with van der Waals surface area (Å²) in [5, 5.41) is 24.0. The average molecular weight is 260 g/mol. The molecular weight excluding hydrogens is 244 g/mol. The lowest BCUT2D eigenvalue weighted by Gasteiger charge is -2.21.